The van der Waals surface area contributed by atoms with Gasteiger partial charge in [-0.3, -0.25) is 9.59 Å². The van der Waals surface area contributed by atoms with Gasteiger partial charge in [0.25, 0.3) is 5.91 Å². The Hall–Kier alpha value is -2.89. The monoisotopic (exact) mass is 342 g/mol. The number of carbonyl (C=O) groups excluding carboxylic acids is 2. The molecule has 0 saturated carbocycles. The predicted molar refractivity (Wildman–Crippen MR) is 96.5 cm³/mol. The largest absolute Gasteiger partial charge is 0.484 e. The molecule has 0 aliphatic rings. The Bertz CT molecular complexity index is 786. The number of amides is 1. The van der Waals surface area contributed by atoms with E-state index in [0.717, 1.165) is 10.8 Å². The lowest BCUT2D eigenvalue weighted by molar-refractivity contribution is -0.145. The quantitative estimate of drug-likeness (QED) is 0.477. The number of rotatable bonds is 7. The minimum absolute atomic E-state index is 0.164. The van der Waals surface area contributed by atoms with Crippen molar-refractivity contribution in [3.05, 3.63) is 42.5 Å². The van der Waals surface area contributed by atoms with Gasteiger partial charge in [0.1, 0.15) is 5.75 Å². The van der Waals surface area contributed by atoms with Gasteiger partial charge in [0.05, 0.1) is 12.5 Å². The first-order chi connectivity index (χ1) is 12.0. The maximum absolute atomic E-state index is 11.8. The molecule has 2 aromatic carbocycles. The number of nitrogens with one attached hydrogen (secondary N) is 1. The number of hydrogen-bond donors (Lipinski definition) is 1. The Labute approximate surface area is 146 Å². The second kappa shape index (κ2) is 8.82. The van der Waals surface area contributed by atoms with E-state index >= 15 is 0 Å². The van der Waals surface area contributed by atoms with Crippen molar-refractivity contribution in [2.45, 2.75) is 20.8 Å². The molecule has 0 spiro atoms. The van der Waals surface area contributed by atoms with Crippen molar-refractivity contribution < 1.29 is 19.1 Å². The van der Waals surface area contributed by atoms with Crippen LogP contribution in [0.25, 0.3) is 10.8 Å². The fourth-order valence-electron chi connectivity index (χ4n) is 2.12. The molecule has 0 fully saturated rings. The second-order valence-corrected chi connectivity index (χ2v) is 5.56. The number of hydrazone groups is 1. The third-order valence-electron chi connectivity index (χ3n) is 3.71. The minimum Gasteiger partial charge on any atom is -0.484 e. The molecular weight excluding hydrogens is 320 g/mol. The fourth-order valence-corrected chi connectivity index (χ4v) is 2.12. The number of benzene rings is 2. The topological polar surface area (TPSA) is 77.0 Å². The summed E-state index contributed by atoms with van der Waals surface area (Å²) < 4.78 is 10.4. The van der Waals surface area contributed by atoms with Crippen molar-refractivity contribution in [1.29, 1.82) is 0 Å². The van der Waals surface area contributed by atoms with Crippen LogP contribution < -0.4 is 10.2 Å². The number of hydrogen-bond acceptors (Lipinski definition) is 5. The summed E-state index contributed by atoms with van der Waals surface area (Å²) in [6, 6.07) is 13.5. The van der Waals surface area contributed by atoms with Crippen LogP contribution in [0.5, 0.6) is 5.75 Å². The normalized spacial score (nSPS) is 12.5. The van der Waals surface area contributed by atoms with E-state index in [4.69, 9.17) is 9.47 Å². The van der Waals surface area contributed by atoms with Crippen LogP contribution in [0.1, 0.15) is 20.8 Å². The third kappa shape index (κ3) is 5.31. The smallest absolute Gasteiger partial charge is 0.314 e. The average Bonchev–Trinajstić information content (AvgIpc) is 2.63. The molecule has 6 nitrogen and oxygen atoms in total. The van der Waals surface area contributed by atoms with E-state index < -0.39 is 11.8 Å². The summed E-state index contributed by atoms with van der Waals surface area (Å²) in [7, 11) is 0. The lowest BCUT2D eigenvalue weighted by Gasteiger charge is -2.10. The summed E-state index contributed by atoms with van der Waals surface area (Å²) in [5, 5.41) is 6.07. The highest BCUT2D eigenvalue weighted by atomic mass is 16.5. The molecule has 0 aliphatic heterocycles. The van der Waals surface area contributed by atoms with Crippen LogP contribution in [-0.2, 0) is 14.3 Å². The summed E-state index contributed by atoms with van der Waals surface area (Å²) in [4.78, 5) is 23.4. The zero-order valence-electron chi connectivity index (χ0n) is 14.6. The highest BCUT2D eigenvalue weighted by molar-refractivity contribution is 6.00. The molecule has 0 bridgehead atoms. The fraction of sp³-hybridized carbons (Fsp3) is 0.316. The molecule has 1 amide bonds. The molecule has 0 unspecified atom stereocenters. The van der Waals surface area contributed by atoms with Crippen LogP contribution in [0.15, 0.2) is 47.6 Å². The second-order valence-electron chi connectivity index (χ2n) is 5.56. The first kappa shape index (κ1) is 18.4. The Balaban J connectivity index is 1.87. The zero-order chi connectivity index (χ0) is 18.2. The molecule has 0 aliphatic carbocycles. The van der Waals surface area contributed by atoms with Crippen LogP contribution in [0.3, 0.4) is 0 Å². The van der Waals surface area contributed by atoms with E-state index in [1.807, 2.05) is 42.5 Å². The molecule has 6 heteroatoms. The molecule has 0 saturated heterocycles. The molecule has 132 valence electrons. The van der Waals surface area contributed by atoms with E-state index in [9.17, 15) is 9.59 Å². The van der Waals surface area contributed by atoms with Gasteiger partial charge in [-0.05, 0) is 43.7 Å². The van der Waals surface area contributed by atoms with Crippen LogP contribution in [-0.4, -0.2) is 30.8 Å². The van der Waals surface area contributed by atoms with Crippen LogP contribution in [0.2, 0.25) is 0 Å². The van der Waals surface area contributed by atoms with Gasteiger partial charge < -0.3 is 9.47 Å². The van der Waals surface area contributed by atoms with Gasteiger partial charge in [-0.1, -0.05) is 30.3 Å². The van der Waals surface area contributed by atoms with Crippen molar-refractivity contribution in [2.24, 2.45) is 11.0 Å². The third-order valence-corrected chi connectivity index (χ3v) is 3.71. The number of fused-ring (bicyclic) bond motifs is 1. The first-order valence-electron chi connectivity index (χ1n) is 8.12. The molecule has 0 radical (unpaired) electrons. The van der Waals surface area contributed by atoms with Crippen LogP contribution >= 0.6 is 0 Å². The maximum atomic E-state index is 11.8. The number of carbonyl (C=O) groups is 2. The Morgan fingerprint density at radius 1 is 1.16 bits per heavy atom. The van der Waals surface area contributed by atoms with Crippen molar-refractivity contribution in [2.75, 3.05) is 13.2 Å². The van der Waals surface area contributed by atoms with Gasteiger partial charge in [-0.25, -0.2) is 5.43 Å². The number of nitrogens with zero attached hydrogens (tertiary/aromatic N) is 1. The molecule has 1 atom stereocenters. The van der Waals surface area contributed by atoms with Crippen molar-refractivity contribution in [3.8, 4) is 5.75 Å². The van der Waals surface area contributed by atoms with Gasteiger partial charge in [-0.2, -0.15) is 5.10 Å². The molecule has 0 heterocycles. The minimum atomic E-state index is -0.512. The van der Waals surface area contributed by atoms with E-state index in [1.165, 1.54) is 0 Å². The van der Waals surface area contributed by atoms with E-state index in [2.05, 4.69) is 10.5 Å². The highest BCUT2D eigenvalue weighted by Crippen LogP contribution is 2.20. The van der Waals surface area contributed by atoms with E-state index in [-0.39, 0.29) is 12.6 Å². The summed E-state index contributed by atoms with van der Waals surface area (Å²) >= 11 is 0. The van der Waals surface area contributed by atoms with E-state index in [1.54, 1.807) is 20.8 Å². The Morgan fingerprint density at radius 3 is 2.60 bits per heavy atom. The van der Waals surface area contributed by atoms with Gasteiger partial charge >= 0.3 is 5.97 Å². The molecular formula is C19H22N2O4. The van der Waals surface area contributed by atoms with Crippen molar-refractivity contribution in [1.82, 2.24) is 5.43 Å². The molecule has 25 heavy (non-hydrogen) atoms. The average molecular weight is 342 g/mol. The van der Waals surface area contributed by atoms with Crippen LogP contribution in [0, 0.1) is 5.92 Å². The van der Waals surface area contributed by atoms with Gasteiger partial charge in [0.15, 0.2) is 6.61 Å². The van der Waals surface area contributed by atoms with E-state index in [0.29, 0.717) is 18.1 Å². The predicted octanol–water partition coefficient (Wildman–Crippen LogP) is 2.91. The molecule has 2 rings (SSSR count). The SMILES string of the molecule is CCOC(=O)[C@@H](C)C(C)=NNC(=O)COc1ccc2ccccc2c1. The van der Waals surface area contributed by atoms with Crippen molar-refractivity contribution >= 4 is 28.4 Å². The van der Waals surface area contributed by atoms with Crippen molar-refractivity contribution in [3.63, 3.8) is 0 Å². The molecule has 1 N–H and O–H groups in total. The maximum Gasteiger partial charge on any atom is 0.314 e. The summed E-state index contributed by atoms with van der Waals surface area (Å²) in [6.07, 6.45) is 0. The molecule has 0 aromatic heterocycles. The Kier molecular flexibility index (Phi) is 6.51. The van der Waals surface area contributed by atoms with Gasteiger partial charge in [0.2, 0.25) is 0 Å². The molecule has 2 aromatic rings. The lowest BCUT2D eigenvalue weighted by Crippen LogP contribution is -2.28. The van der Waals surface area contributed by atoms with Gasteiger partial charge in [0, 0.05) is 5.71 Å². The summed E-state index contributed by atoms with van der Waals surface area (Å²) in [5.41, 5.74) is 2.85. The lowest BCUT2D eigenvalue weighted by atomic mass is 10.1. The standard InChI is InChI=1S/C19H22N2O4/c1-4-24-19(23)13(2)14(3)20-21-18(22)12-25-17-10-9-15-7-5-6-8-16(15)11-17/h5-11,13H,4,12H2,1-3H3,(H,21,22)/t13-/m0/s1. The first-order valence-corrected chi connectivity index (χ1v) is 8.12. The van der Waals surface area contributed by atoms with Gasteiger partial charge in [-0.15, -0.1) is 0 Å². The number of ether oxygens (including phenoxy) is 2. The van der Waals surface area contributed by atoms with Crippen LogP contribution in [0.4, 0.5) is 0 Å². The zero-order valence-corrected chi connectivity index (χ0v) is 14.6. The Morgan fingerprint density at radius 2 is 1.88 bits per heavy atom. The highest BCUT2D eigenvalue weighted by Gasteiger charge is 2.17. The number of esters is 1. The summed E-state index contributed by atoms with van der Waals surface area (Å²) in [6.45, 7) is 5.22. The summed E-state index contributed by atoms with van der Waals surface area (Å²) in [5.74, 6) is -0.676.